The van der Waals surface area contributed by atoms with Crippen LogP contribution >= 0.6 is 15.9 Å². The van der Waals surface area contributed by atoms with E-state index >= 15 is 0 Å². The molecule has 0 aliphatic rings. The predicted molar refractivity (Wildman–Crippen MR) is 112 cm³/mol. The van der Waals surface area contributed by atoms with Crippen molar-refractivity contribution in [1.82, 2.24) is 4.57 Å². The van der Waals surface area contributed by atoms with Gasteiger partial charge in [-0.15, -0.1) is 4.91 Å². The van der Waals surface area contributed by atoms with Gasteiger partial charge in [0.25, 0.3) is 0 Å². The van der Waals surface area contributed by atoms with Crippen molar-refractivity contribution < 1.29 is 9.84 Å². The molecule has 0 atom stereocenters. The number of benzene rings is 2. The Morgan fingerprint density at radius 1 is 1.22 bits per heavy atom. The Labute approximate surface area is 167 Å². The molecule has 3 aromatic rings. The van der Waals surface area contributed by atoms with Crippen LogP contribution in [-0.2, 0) is 6.54 Å². The van der Waals surface area contributed by atoms with E-state index in [4.69, 9.17) is 4.74 Å². The lowest BCUT2D eigenvalue weighted by Crippen LogP contribution is -2.09. The molecular formula is C21H23BrN2O3. The summed E-state index contributed by atoms with van der Waals surface area (Å²) < 4.78 is 8.58. The Morgan fingerprint density at radius 2 is 1.96 bits per heavy atom. The largest absolute Gasteiger partial charge is 0.493 e. The number of hydrogen-bond acceptors (Lipinski definition) is 4. The van der Waals surface area contributed by atoms with E-state index in [1.165, 1.54) is 0 Å². The maximum atomic E-state index is 11.3. The van der Waals surface area contributed by atoms with E-state index in [0.29, 0.717) is 24.5 Å². The Bertz CT molecular complexity index is 1010. The fraction of sp³-hybridized carbons (Fsp3) is 0.333. The third-order valence-electron chi connectivity index (χ3n) is 4.71. The number of aromatic hydroxyl groups is 1. The number of aryl methyl sites for hydroxylation is 2. The lowest BCUT2D eigenvalue weighted by Gasteiger charge is -2.16. The first-order chi connectivity index (χ1) is 12.8. The van der Waals surface area contributed by atoms with Gasteiger partial charge in [0.05, 0.1) is 12.1 Å². The standard InChI is InChI=1S/C21H23BrN2O3/c1-12(2)16-6-5-13(3)9-18(16)27-8-7-24-20-14(4)10-15(22)11-17(20)19(23-26)21(24)25/h5-6,9-12,25H,7-8H2,1-4H3. The minimum absolute atomic E-state index is 0.0628. The van der Waals surface area contributed by atoms with Gasteiger partial charge in [-0.1, -0.05) is 41.9 Å². The number of ether oxygens (including phenoxy) is 1. The van der Waals surface area contributed by atoms with Gasteiger partial charge in [0.15, 0.2) is 5.69 Å². The first-order valence-corrected chi connectivity index (χ1v) is 9.70. The van der Waals surface area contributed by atoms with Crippen molar-refractivity contribution in [3.63, 3.8) is 0 Å². The summed E-state index contributed by atoms with van der Waals surface area (Å²) in [6.45, 7) is 9.01. The van der Waals surface area contributed by atoms with Crippen LogP contribution in [0.2, 0.25) is 0 Å². The first-order valence-electron chi connectivity index (χ1n) is 8.91. The smallest absolute Gasteiger partial charge is 0.222 e. The van der Waals surface area contributed by atoms with Gasteiger partial charge in [0.2, 0.25) is 5.88 Å². The van der Waals surface area contributed by atoms with Crippen molar-refractivity contribution in [2.45, 2.75) is 40.2 Å². The SMILES string of the molecule is Cc1ccc(C(C)C)c(OCCn2c(O)c(N=O)c3cc(Br)cc(C)c32)c1. The molecule has 0 fully saturated rings. The summed E-state index contributed by atoms with van der Waals surface area (Å²) in [5.74, 6) is 1.08. The van der Waals surface area contributed by atoms with E-state index in [0.717, 1.165) is 32.4 Å². The van der Waals surface area contributed by atoms with Crippen molar-refractivity contribution in [3.05, 3.63) is 56.4 Å². The number of fused-ring (bicyclic) bond motifs is 1. The number of aromatic nitrogens is 1. The second-order valence-electron chi connectivity index (χ2n) is 7.08. The van der Waals surface area contributed by atoms with Gasteiger partial charge in [-0.25, -0.2) is 0 Å². The van der Waals surface area contributed by atoms with Crippen LogP contribution < -0.4 is 4.74 Å². The average molecular weight is 431 g/mol. The van der Waals surface area contributed by atoms with Crippen LogP contribution in [-0.4, -0.2) is 16.3 Å². The van der Waals surface area contributed by atoms with Gasteiger partial charge in [-0.2, -0.15) is 0 Å². The molecule has 1 heterocycles. The second kappa shape index (κ2) is 7.72. The third-order valence-corrected chi connectivity index (χ3v) is 5.17. The van der Waals surface area contributed by atoms with Crippen LogP contribution in [0.4, 0.5) is 5.69 Å². The highest BCUT2D eigenvalue weighted by molar-refractivity contribution is 9.10. The Kier molecular flexibility index (Phi) is 5.56. The van der Waals surface area contributed by atoms with E-state index in [1.54, 1.807) is 10.6 Å². The summed E-state index contributed by atoms with van der Waals surface area (Å²) in [4.78, 5) is 11.3. The van der Waals surface area contributed by atoms with Crippen molar-refractivity contribution in [1.29, 1.82) is 0 Å². The molecule has 0 amide bonds. The first kappa shape index (κ1) is 19.4. The van der Waals surface area contributed by atoms with E-state index in [2.05, 4.69) is 47.1 Å². The van der Waals surface area contributed by atoms with Crippen LogP contribution in [0.1, 0.15) is 36.5 Å². The topological polar surface area (TPSA) is 63.8 Å². The lowest BCUT2D eigenvalue weighted by atomic mass is 10.0. The predicted octanol–water partition coefficient (Wildman–Crippen LogP) is 6.33. The third kappa shape index (κ3) is 3.72. The van der Waals surface area contributed by atoms with Crippen LogP contribution in [0.15, 0.2) is 40.0 Å². The molecule has 6 heteroatoms. The molecule has 0 unspecified atom stereocenters. The summed E-state index contributed by atoms with van der Waals surface area (Å²) in [7, 11) is 0. The van der Waals surface area contributed by atoms with E-state index in [-0.39, 0.29) is 11.6 Å². The Balaban J connectivity index is 1.92. The highest BCUT2D eigenvalue weighted by atomic mass is 79.9. The van der Waals surface area contributed by atoms with E-state index < -0.39 is 0 Å². The Hall–Kier alpha value is -2.34. The molecule has 1 N–H and O–H groups in total. The van der Waals surface area contributed by atoms with Gasteiger partial charge in [-0.3, -0.25) is 0 Å². The molecule has 0 aliphatic heterocycles. The van der Waals surface area contributed by atoms with E-state index in [9.17, 15) is 10.0 Å². The van der Waals surface area contributed by atoms with Gasteiger partial charge in [-0.05, 0) is 59.8 Å². The second-order valence-corrected chi connectivity index (χ2v) is 7.99. The maximum absolute atomic E-state index is 11.3. The lowest BCUT2D eigenvalue weighted by molar-refractivity contribution is 0.287. The van der Waals surface area contributed by atoms with Gasteiger partial charge >= 0.3 is 0 Å². The molecule has 142 valence electrons. The molecule has 27 heavy (non-hydrogen) atoms. The van der Waals surface area contributed by atoms with Gasteiger partial charge in [0.1, 0.15) is 12.4 Å². The van der Waals surface area contributed by atoms with Crippen molar-refractivity contribution >= 4 is 32.5 Å². The Morgan fingerprint density at radius 3 is 2.63 bits per heavy atom. The number of nitroso groups, excluding NO2 is 1. The normalized spacial score (nSPS) is 11.3. The number of halogens is 1. The average Bonchev–Trinajstić information content (AvgIpc) is 2.86. The van der Waals surface area contributed by atoms with Gasteiger partial charge < -0.3 is 14.4 Å². The molecule has 3 rings (SSSR count). The molecule has 0 bridgehead atoms. The number of hydrogen-bond donors (Lipinski definition) is 1. The molecule has 2 aromatic carbocycles. The monoisotopic (exact) mass is 430 g/mol. The molecular weight excluding hydrogens is 408 g/mol. The minimum Gasteiger partial charge on any atom is -0.493 e. The summed E-state index contributed by atoms with van der Waals surface area (Å²) in [5, 5.41) is 14.2. The summed E-state index contributed by atoms with van der Waals surface area (Å²) in [6, 6.07) is 9.95. The zero-order valence-electron chi connectivity index (χ0n) is 15.9. The number of rotatable bonds is 6. The zero-order valence-corrected chi connectivity index (χ0v) is 17.5. The quantitative estimate of drug-likeness (QED) is 0.464. The molecule has 0 radical (unpaired) electrons. The minimum atomic E-state index is -0.127. The maximum Gasteiger partial charge on any atom is 0.222 e. The van der Waals surface area contributed by atoms with Crippen molar-refractivity contribution in [2.75, 3.05) is 6.61 Å². The summed E-state index contributed by atoms with van der Waals surface area (Å²) >= 11 is 3.43. The zero-order chi connectivity index (χ0) is 19.7. The van der Waals surface area contributed by atoms with Crippen LogP contribution in [0.25, 0.3) is 10.9 Å². The summed E-state index contributed by atoms with van der Waals surface area (Å²) in [6.07, 6.45) is 0. The molecule has 0 spiro atoms. The van der Waals surface area contributed by atoms with Crippen molar-refractivity contribution in [3.8, 4) is 11.6 Å². The molecule has 0 saturated heterocycles. The highest BCUT2D eigenvalue weighted by Crippen LogP contribution is 2.41. The molecule has 0 saturated carbocycles. The van der Waals surface area contributed by atoms with Crippen LogP contribution in [0, 0.1) is 18.8 Å². The van der Waals surface area contributed by atoms with Crippen LogP contribution in [0.3, 0.4) is 0 Å². The van der Waals surface area contributed by atoms with Gasteiger partial charge in [0, 0.05) is 9.86 Å². The van der Waals surface area contributed by atoms with Crippen molar-refractivity contribution in [2.24, 2.45) is 5.18 Å². The summed E-state index contributed by atoms with van der Waals surface area (Å²) in [5.41, 5.74) is 4.09. The molecule has 0 aliphatic carbocycles. The molecule has 5 nitrogen and oxygen atoms in total. The number of nitrogens with zero attached hydrogens (tertiary/aromatic N) is 2. The van der Waals surface area contributed by atoms with Crippen LogP contribution in [0.5, 0.6) is 11.6 Å². The highest BCUT2D eigenvalue weighted by Gasteiger charge is 2.20. The molecule has 1 aromatic heterocycles. The fourth-order valence-corrected chi connectivity index (χ4v) is 4.00. The fourth-order valence-electron chi connectivity index (χ4n) is 3.43. The van der Waals surface area contributed by atoms with E-state index in [1.807, 2.05) is 26.0 Å².